The standard InChI is InChI=1S/C13H23NO3/c1-13(2,3)17-12(16)14-7-6-9-4-5-11(15)10(9)8-14/h9-11,15H,4-8H2,1-3H3/t9-,10+,11-/m1/s1. The van der Waals surface area contributed by atoms with Crippen molar-refractivity contribution in [1.29, 1.82) is 0 Å². The topological polar surface area (TPSA) is 49.8 Å². The molecule has 0 aromatic rings. The van der Waals surface area contributed by atoms with Crippen molar-refractivity contribution < 1.29 is 14.6 Å². The number of hydrogen-bond acceptors (Lipinski definition) is 3. The number of carbonyl (C=O) groups is 1. The minimum absolute atomic E-state index is 0.231. The number of ether oxygens (including phenoxy) is 1. The molecule has 1 aliphatic heterocycles. The summed E-state index contributed by atoms with van der Waals surface area (Å²) >= 11 is 0. The Morgan fingerprint density at radius 3 is 2.65 bits per heavy atom. The lowest BCUT2D eigenvalue weighted by Crippen LogP contribution is -2.46. The quantitative estimate of drug-likeness (QED) is 0.706. The van der Waals surface area contributed by atoms with Gasteiger partial charge >= 0.3 is 6.09 Å². The van der Waals surface area contributed by atoms with Gasteiger partial charge in [-0.1, -0.05) is 0 Å². The Morgan fingerprint density at radius 2 is 2.00 bits per heavy atom. The predicted octanol–water partition coefficient (Wildman–Crippen LogP) is 2.01. The van der Waals surface area contributed by atoms with E-state index in [-0.39, 0.29) is 18.1 Å². The van der Waals surface area contributed by atoms with Crippen LogP contribution in [-0.4, -0.2) is 40.9 Å². The summed E-state index contributed by atoms with van der Waals surface area (Å²) in [5.74, 6) is 0.861. The molecule has 2 fully saturated rings. The van der Waals surface area contributed by atoms with Gasteiger partial charge in [-0.3, -0.25) is 0 Å². The van der Waals surface area contributed by atoms with Gasteiger partial charge in [-0.15, -0.1) is 0 Å². The molecule has 0 aromatic heterocycles. The summed E-state index contributed by atoms with van der Waals surface area (Å²) in [5.41, 5.74) is -0.442. The van der Waals surface area contributed by atoms with Crippen molar-refractivity contribution >= 4 is 6.09 Å². The molecule has 1 N–H and O–H groups in total. The first-order chi connectivity index (χ1) is 7.87. The number of carbonyl (C=O) groups excluding carboxylic acids is 1. The number of aliphatic hydroxyl groups excluding tert-OH is 1. The van der Waals surface area contributed by atoms with Gasteiger partial charge < -0.3 is 14.7 Å². The zero-order valence-electron chi connectivity index (χ0n) is 11.0. The Balaban J connectivity index is 1.93. The molecule has 2 rings (SSSR count). The predicted molar refractivity (Wildman–Crippen MR) is 64.6 cm³/mol. The molecule has 0 bridgehead atoms. The summed E-state index contributed by atoms with van der Waals surface area (Å²) in [5, 5.41) is 9.88. The van der Waals surface area contributed by atoms with E-state index < -0.39 is 5.60 Å². The molecule has 0 spiro atoms. The molecule has 17 heavy (non-hydrogen) atoms. The van der Waals surface area contributed by atoms with Crippen molar-refractivity contribution in [2.24, 2.45) is 11.8 Å². The van der Waals surface area contributed by atoms with Gasteiger partial charge in [-0.2, -0.15) is 0 Å². The first kappa shape index (κ1) is 12.7. The largest absolute Gasteiger partial charge is 0.444 e. The molecule has 4 heteroatoms. The van der Waals surface area contributed by atoms with E-state index in [0.717, 1.165) is 25.8 Å². The van der Waals surface area contributed by atoms with E-state index in [0.29, 0.717) is 12.5 Å². The fourth-order valence-electron chi connectivity index (χ4n) is 2.92. The van der Waals surface area contributed by atoms with Gasteiger partial charge in [0.25, 0.3) is 0 Å². The van der Waals surface area contributed by atoms with E-state index >= 15 is 0 Å². The van der Waals surface area contributed by atoms with E-state index in [9.17, 15) is 9.90 Å². The Bertz CT molecular complexity index is 298. The van der Waals surface area contributed by atoms with Crippen LogP contribution in [0.2, 0.25) is 0 Å². The SMILES string of the molecule is CC(C)(C)OC(=O)N1CC[C@H]2CC[C@@H](O)[C@H]2C1. The average Bonchev–Trinajstić information content (AvgIpc) is 2.57. The minimum atomic E-state index is -0.442. The fraction of sp³-hybridized carbons (Fsp3) is 0.923. The molecule has 1 saturated heterocycles. The molecular weight excluding hydrogens is 218 g/mol. The maximum Gasteiger partial charge on any atom is 0.410 e. The fourth-order valence-corrected chi connectivity index (χ4v) is 2.92. The van der Waals surface area contributed by atoms with E-state index in [2.05, 4.69) is 0 Å². The van der Waals surface area contributed by atoms with Crippen molar-refractivity contribution in [3.05, 3.63) is 0 Å². The second-order valence-electron chi connectivity index (χ2n) is 6.28. The Hall–Kier alpha value is -0.770. The van der Waals surface area contributed by atoms with Crippen LogP contribution in [-0.2, 0) is 4.74 Å². The lowest BCUT2D eigenvalue weighted by molar-refractivity contribution is 0.00177. The number of amides is 1. The molecular formula is C13H23NO3. The van der Waals surface area contributed by atoms with Crippen molar-refractivity contribution in [1.82, 2.24) is 4.90 Å². The van der Waals surface area contributed by atoms with Crippen molar-refractivity contribution in [3.8, 4) is 0 Å². The van der Waals surface area contributed by atoms with Crippen LogP contribution in [0.1, 0.15) is 40.0 Å². The van der Waals surface area contributed by atoms with Crippen molar-refractivity contribution in [2.45, 2.75) is 51.7 Å². The molecule has 98 valence electrons. The number of rotatable bonds is 0. The van der Waals surface area contributed by atoms with E-state index in [1.165, 1.54) is 0 Å². The van der Waals surface area contributed by atoms with Gasteiger partial charge in [0.15, 0.2) is 0 Å². The van der Waals surface area contributed by atoms with Crippen LogP contribution in [0, 0.1) is 11.8 Å². The second-order valence-corrected chi connectivity index (χ2v) is 6.28. The Labute approximate surface area is 103 Å². The lowest BCUT2D eigenvalue weighted by atomic mass is 9.88. The molecule has 1 aliphatic carbocycles. The molecule has 1 amide bonds. The highest BCUT2D eigenvalue weighted by molar-refractivity contribution is 5.68. The van der Waals surface area contributed by atoms with Crippen LogP contribution < -0.4 is 0 Å². The number of aliphatic hydroxyl groups is 1. The van der Waals surface area contributed by atoms with Crippen LogP contribution in [0.15, 0.2) is 0 Å². The molecule has 4 nitrogen and oxygen atoms in total. The van der Waals surface area contributed by atoms with Crippen molar-refractivity contribution in [2.75, 3.05) is 13.1 Å². The normalized spacial score (nSPS) is 33.4. The van der Waals surface area contributed by atoms with E-state index in [4.69, 9.17) is 4.74 Å². The van der Waals surface area contributed by atoms with Gasteiger partial charge in [0.05, 0.1) is 6.10 Å². The Kier molecular flexibility index (Phi) is 3.34. The molecule has 0 radical (unpaired) electrons. The number of likely N-dealkylation sites (tertiary alicyclic amines) is 1. The molecule has 3 atom stereocenters. The monoisotopic (exact) mass is 241 g/mol. The molecule has 0 unspecified atom stereocenters. The molecule has 0 aromatic carbocycles. The van der Waals surface area contributed by atoms with Crippen LogP contribution in [0.25, 0.3) is 0 Å². The highest BCUT2D eigenvalue weighted by Gasteiger charge is 2.40. The zero-order chi connectivity index (χ0) is 12.6. The second kappa shape index (κ2) is 4.48. The van der Waals surface area contributed by atoms with Gasteiger partial charge in [0.1, 0.15) is 5.60 Å². The van der Waals surface area contributed by atoms with E-state index in [1.807, 2.05) is 20.8 Å². The summed E-state index contributed by atoms with van der Waals surface area (Å²) in [4.78, 5) is 13.7. The van der Waals surface area contributed by atoms with Crippen LogP contribution in [0.3, 0.4) is 0 Å². The van der Waals surface area contributed by atoms with Crippen LogP contribution in [0.5, 0.6) is 0 Å². The van der Waals surface area contributed by atoms with Crippen LogP contribution >= 0.6 is 0 Å². The smallest absolute Gasteiger partial charge is 0.410 e. The van der Waals surface area contributed by atoms with Gasteiger partial charge in [-0.25, -0.2) is 4.79 Å². The lowest BCUT2D eigenvalue weighted by Gasteiger charge is -2.36. The summed E-state index contributed by atoms with van der Waals surface area (Å²) in [6.07, 6.45) is 2.52. The maximum absolute atomic E-state index is 11.9. The van der Waals surface area contributed by atoms with Gasteiger partial charge in [0, 0.05) is 19.0 Å². The third-order valence-corrected chi connectivity index (χ3v) is 3.79. The van der Waals surface area contributed by atoms with Gasteiger partial charge in [-0.05, 0) is 46.0 Å². The summed E-state index contributed by atoms with van der Waals surface area (Å²) in [6.45, 7) is 7.05. The third kappa shape index (κ3) is 2.92. The first-order valence-electron chi connectivity index (χ1n) is 6.53. The maximum atomic E-state index is 11.9. The molecule has 1 saturated carbocycles. The molecule has 2 aliphatic rings. The minimum Gasteiger partial charge on any atom is -0.444 e. The highest BCUT2D eigenvalue weighted by Crippen LogP contribution is 2.38. The zero-order valence-corrected chi connectivity index (χ0v) is 11.0. The van der Waals surface area contributed by atoms with E-state index in [1.54, 1.807) is 4.90 Å². The molecule has 1 heterocycles. The third-order valence-electron chi connectivity index (χ3n) is 3.79. The summed E-state index contributed by atoms with van der Waals surface area (Å²) < 4.78 is 5.37. The van der Waals surface area contributed by atoms with Crippen molar-refractivity contribution in [3.63, 3.8) is 0 Å². The Morgan fingerprint density at radius 1 is 1.29 bits per heavy atom. The first-order valence-corrected chi connectivity index (χ1v) is 6.53. The summed E-state index contributed by atoms with van der Waals surface area (Å²) in [6, 6.07) is 0. The van der Waals surface area contributed by atoms with Crippen LogP contribution in [0.4, 0.5) is 4.79 Å². The summed E-state index contributed by atoms with van der Waals surface area (Å²) in [7, 11) is 0. The number of piperidine rings is 1. The highest BCUT2D eigenvalue weighted by atomic mass is 16.6. The number of fused-ring (bicyclic) bond motifs is 1. The number of nitrogens with zero attached hydrogens (tertiary/aromatic N) is 1. The number of hydrogen-bond donors (Lipinski definition) is 1. The average molecular weight is 241 g/mol. The van der Waals surface area contributed by atoms with Gasteiger partial charge in [0.2, 0.25) is 0 Å².